The van der Waals surface area contributed by atoms with Gasteiger partial charge in [-0.3, -0.25) is 0 Å². The second-order valence-corrected chi connectivity index (χ2v) is 4.80. The average molecular weight is 186 g/mol. The maximum atomic E-state index is 10.6. The zero-order valence-electron chi connectivity index (χ0n) is 5.83. The molecule has 1 aliphatic heterocycles. The third-order valence-electron chi connectivity index (χ3n) is 1.40. The topological polar surface area (TPSA) is 46.2 Å². The molecule has 0 aliphatic carbocycles. The molecule has 5 heteroatoms. The summed E-state index contributed by atoms with van der Waals surface area (Å²) in [6, 6.07) is 0. The molecule has 1 N–H and O–H groups in total. The molecule has 1 fully saturated rings. The van der Waals surface area contributed by atoms with Gasteiger partial charge in [-0.15, -0.1) is 12.4 Å². The quantitative estimate of drug-likeness (QED) is 0.641. The molecule has 0 radical (unpaired) electrons. The van der Waals surface area contributed by atoms with Gasteiger partial charge in [0.15, 0.2) is 0 Å². The Morgan fingerprint density at radius 3 is 2.10 bits per heavy atom. The molecule has 1 rings (SSSR count). The fourth-order valence-electron chi connectivity index (χ4n) is 0.894. The normalized spacial score (nSPS) is 19.3. The first-order chi connectivity index (χ1) is 4.08. The van der Waals surface area contributed by atoms with Crippen molar-refractivity contribution in [2.45, 2.75) is 0 Å². The molecule has 0 aromatic heterocycles. The van der Waals surface area contributed by atoms with E-state index in [2.05, 4.69) is 5.32 Å². The van der Waals surface area contributed by atoms with Gasteiger partial charge in [0.25, 0.3) is 0 Å². The van der Waals surface area contributed by atoms with Crippen LogP contribution in [0.2, 0.25) is 0 Å². The van der Waals surface area contributed by atoms with Crippen molar-refractivity contribution in [3.63, 3.8) is 0 Å². The molecule has 10 heavy (non-hydrogen) atoms. The SMILES string of the molecule is CS(=O)(=O)CC1CNC1.Cl. The van der Waals surface area contributed by atoms with E-state index in [-0.39, 0.29) is 12.4 Å². The van der Waals surface area contributed by atoms with E-state index >= 15 is 0 Å². The molecule has 0 bridgehead atoms. The Morgan fingerprint density at radius 2 is 2.00 bits per heavy atom. The molecular formula is C5H12ClNO2S. The highest BCUT2D eigenvalue weighted by Gasteiger charge is 2.20. The van der Waals surface area contributed by atoms with Crippen molar-refractivity contribution in [2.75, 3.05) is 25.1 Å². The Morgan fingerprint density at radius 1 is 1.50 bits per heavy atom. The predicted molar refractivity (Wildman–Crippen MR) is 43.3 cm³/mol. The van der Waals surface area contributed by atoms with Gasteiger partial charge >= 0.3 is 0 Å². The number of hydrogen-bond donors (Lipinski definition) is 1. The molecule has 0 atom stereocenters. The van der Waals surface area contributed by atoms with Crippen LogP contribution in [0.5, 0.6) is 0 Å². The summed E-state index contributed by atoms with van der Waals surface area (Å²) in [5.41, 5.74) is 0. The van der Waals surface area contributed by atoms with Crippen molar-refractivity contribution in [3.8, 4) is 0 Å². The highest BCUT2D eigenvalue weighted by molar-refractivity contribution is 7.90. The largest absolute Gasteiger partial charge is 0.316 e. The van der Waals surface area contributed by atoms with Crippen LogP contribution in [0.4, 0.5) is 0 Å². The molecule has 1 saturated heterocycles. The second-order valence-electron chi connectivity index (χ2n) is 2.62. The van der Waals surface area contributed by atoms with Gasteiger partial charge in [0.2, 0.25) is 0 Å². The third kappa shape index (κ3) is 3.39. The standard InChI is InChI=1S/C5H11NO2S.ClH/c1-9(7,8)4-5-2-6-3-5;/h5-6H,2-4H2,1H3;1H. The summed E-state index contributed by atoms with van der Waals surface area (Å²) in [7, 11) is -2.72. The Hall–Kier alpha value is 0.200. The summed E-state index contributed by atoms with van der Waals surface area (Å²) in [6.45, 7) is 1.74. The van der Waals surface area contributed by atoms with Gasteiger partial charge in [0.1, 0.15) is 9.84 Å². The van der Waals surface area contributed by atoms with Crippen LogP contribution in [0, 0.1) is 5.92 Å². The monoisotopic (exact) mass is 185 g/mol. The summed E-state index contributed by atoms with van der Waals surface area (Å²) in [5.74, 6) is 0.722. The van der Waals surface area contributed by atoms with Gasteiger partial charge in [-0.2, -0.15) is 0 Å². The van der Waals surface area contributed by atoms with E-state index in [1.165, 1.54) is 6.26 Å². The van der Waals surface area contributed by atoms with Crippen molar-refractivity contribution < 1.29 is 8.42 Å². The van der Waals surface area contributed by atoms with Gasteiger partial charge < -0.3 is 5.32 Å². The van der Waals surface area contributed by atoms with E-state index in [9.17, 15) is 8.42 Å². The van der Waals surface area contributed by atoms with E-state index in [1.807, 2.05) is 0 Å². The fourth-order valence-corrected chi connectivity index (χ4v) is 1.99. The zero-order valence-corrected chi connectivity index (χ0v) is 7.46. The molecule has 1 aliphatic rings. The Kier molecular flexibility index (Phi) is 3.62. The zero-order chi connectivity index (χ0) is 6.91. The van der Waals surface area contributed by atoms with Crippen molar-refractivity contribution in [1.82, 2.24) is 5.32 Å². The maximum Gasteiger partial charge on any atom is 0.147 e. The number of sulfone groups is 1. The lowest BCUT2D eigenvalue weighted by Crippen LogP contribution is -2.45. The van der Waals surface area contributed by atoms with Gasteiger partial charge in [-0.05, 0) is 5.92 Å². The van der Waals surface area contributed by atoms with Crippen LogP contribution in [0.25, 0.3) is 0 Å². The predicted octanol–water partition coefficient (Wildman–Crippen LogP) is -0.328. The summed E-state index contributed by atoms with van der Waals surface area (Å²) in [6.07, 6.45) is 1.28. The number of halogens is 1. The lowest BCUT2D eigenvalue weighted by Gasteiger charge is -2.25. The number of nitrogens with one attached hydrogen (secondary N) is 1. The molecule has 0 spiro atoms. The van der Waals surface area contributed by atoms with Crippen LogP contribution in [-0.2, 0) is 9.84 Å². The molecule has 0 amide bonds. The number of hydrogen-bond acceptors (Lipinski definition) is 3. The van der Waals surface area contributed by atoms with Crippen LogP contribution in [-0.4, -0.2) is 33.5 Å². The number of rotatable bonds is 2. The molecular weight excluding hydrogens is 174 g/mol. The molecule has 3 nitrogen and oxygen atoms in total. The van der Waals surface area contributed by atoms with E-state index in [0.29, 0.717) is 11.7 Å². The van der Waals surface area contributed by atoms with Gasteiger partial charge in [0.05, 0.1) is 5.75 Å². The van der Waals surface area contributed by atoms with Gasteiger partial charge in [-0.1, -0.05) is 0 Å². The second kappa shape index (κ2) is 3.55. The van der Waals surface area contributed by atoms with Crippen molar-refractivity contribution in [3.05, 3.63) is 0 Å². The van der Waals surface area contributed by atoms with Crippen LogP contribution < -0.4 is 5.32 Å². The van der Waals surface area contributed by atoms with Crippen LogP contribution >= 0.6 is 12.4 Å². The first kappa shape index (κ1) is 10.2. The summed E-state index contributed by atoms with van der Waals surface area (Å²) >= 11 is 0. The van der Waals surface area contributed by atoms with E-state index in [0.717, 1.165) is 13.1 Å². The van der Waals surface area contributed by atoms with E-state index in [1.54, 1.807) is 0 Å². The average Bonchev–Trinajstić information content (AvgIpc) is 1.53. The minimum absolute atomic E-state index is 0. The third-order valence-corrected chi connectivity index (χ3v) is 2.48. The van der Waals surface area contributed by atoms with Crippen LogP contribution in [0.3, 0.4) is 0 Å². The van der Waals surface area contributed by atoms with E-state index < -0.39 is 9.84 Å². The van der Waals surface area contributed by atoms with Crippen LogP contribution in [0.1, 0.15) is 0 Å². The minimum atomic E-state index is -2.72. The summed E-state index contributed by atoms with van der Waals surface area (Å²) < 4.78 is 21.2. The van der Waals surface area contributed by atoms with Crippen molar-refractivity contribution in [1.29, 1.82) is 0 Å². The van der Waals surface area contributed by atoms with Crippen molar-refractivity contribution in [2.24, 2.45) is 5.92 Å². The van der Waals surface area contributed by atoms with Gasteiger partial charge in [-0.25, -0.2) is 8.42 Å². The lowest BCUT2D eigenvalue weighted by molar-refractivity contribution is 0.379. The molecule has 0 saturated carbocycles. The smallest absolute Gasteiger partial charge is 0.147 e. The van der Waals surface area contributed by atoms with Crippen LogP contribution in [0.15, 0.2) is 0 Å². The summed E-state index contributed by atoms with van der Waals surface area (Å²) in [4.78, 5) is 0. The Balaban J connectivity index is 0.000000810. The lowest BCUT2D eigenvalue weighted by atomic mass is 10.1. The van der Waals surface area contributed by atoms with Crippen molar-refractivity contribution >= 4 is 22.2 Å². The Bertz CT molecular complexity index is 186. The molecule has 0 aromatic rings. The molecule has 62 valence electrons. The minimum Gasteiger partial charge on any atom is -0.316 e. The first-order valence-electron chi connectivity index (χ1n) is 2.96. The van der Waals surface area contributed by atoms with E-state index in [4.69, 9.17) is 0 Å². The molecule has 0 aromatic carbocycles. The first-order valence-corrected chi connectivity index (χ1v) is 5.02. The molecule has 0 unspecified atom stereocenters. The maximum absolute atomic E-state index is 10.6. The van der Waals surface area contributed by atoms with Gasteiger partial charge in [0, 0.05) is 19.3 Å². The Labute approximate surface area is 67.5 Å². The fraction of sp³-hybridized carbons (Fsp3) is 1.00. The highest BCUT2D eigenvalue weighted by atomic mass is 35.5. The molecule has 1 heterocycles. The summed E-state index contributed by atoms with van der Waals surface area (Å²) in [5, 5.41) is 3.02. The highest BCUT2D eigenvalue weighted by Crippen LogP contribution is 2.04.